The second-order valence-corrected chi connectivity index (χ2v) is 4.83. The van der Waals surface area contributed by atoms with Crippen LogP contribution in [-0.2, 0) is 11.3 Å². The van der Waals surface area contributed by atoms with Gasteiger partial charge in [-0.15, -0.1) is 0 Å². The number of nitrogens with zero attached hydrogens (tertiary/aromatic N) is 1. The van der Waals surface area contributed by atoms with Crippen LogP contribution in [0.3, 0.4) is 0 Å². The quantitative estimate of drug-likeness (QED) is 0.437. The summed E-state index contributed by atoms with van der Waals surface area (Å²) in [6.07, 6.45) is 1.13. The highest BCUT2D eigenvalue weighted by Crippen LogP contribution is 2.19. The molecule has 116 valence electrons. The number of carbonyl (C=O) groups excluding carboxylic acids is 1. The maximum atomic E-state index is 13.1. The number of rotatable bonds is 8. The molecule has 0 aliphatic rings. The molecule has 0 spiro atoms. The highest BCUT2D eigenvalue weighted by atomic mass is 19.1. The van der Waals surface area contributed by atoms with E-state index in [1.54, 1.807) is 0 Å². The average molecular weight is 297 g/mol. The summed E-state index contributed by atoms with van der Waals surface area (Å²) in [5.41, 5.74) is 0.135. The molecule has 7 heteroatoms. The molecule has 21 heavy (non-hydrogen) atoms. The van der Waals surface area contributed by atoms with Crippen molar-refractivity contribution in [1.82, 2.24) is 10.6 Å². The summed E-state index contributed by atoms with van der Waals surface area (Å²) in [5.74, 6) is -0.600. The summed E-state index contributed by atoms with van der Waals surface area (Å²) in [7, 11) is 0. The average Bonchev–Trinajstić information content (AvgIpc) is 2.43. The Bertz CT molecular complexity index is 508. The van der Waals surface area contributed by atoms with E-state index >= 15 is 0 Å². The number of nitro benzene ring substituents is 1. The summed E-state index contributed by atoms with van der Waals surface area (Å²) in [4.78, 5) is 21.8. The third-order valence-electron chi connectivity index (χ3n) is 3.10. The van der Waals surface area contributed by atoms with Gasteiger partial charge in [-0.3, -0.25) is 14.9 Å². The van der Waals surface area contributed by atoms with Crippen LogP contribution in [0.2, 0.25) is 0 Å². The molecule has 0 bridgehead atoms. The predicted octanol–water partition coefficient (Wildman–Crippen LogP) is 2.13. The Kier molecular flexibility index (Phi) is 6.74. The molecule has 1 amide bonds. The van der Waals surface area contributed by atoms with Crippen molar-refractivity contribution in [3.63, 3.8) is 0 Å². The van der Waals surface area contributed by atoms with Gasteiger partial charge in [0.1, 0.15) is 5.82 Å². The van der Waals surface area contributed by atoms with E-state index in [4.69, 9.17) is 0 Å². The number of carbonyl (C=O) groups is 1. The largest absolute Gasteiger partial charge is 0.354 e. The van der Waals surface area contributed by atoms with Crippen LogP contribution < -0.4 is 10.6 Å². The summed E-state index contributed by atoms with van der Waals surface area (Å²) in [6.45, 7) is 4.41. The smallest absolute Gasteiger partial charge is 0.274 e. The van der Waals surface area contributed by atoms with Crippen molar-refractivity contribution in [2.75, 3.05) is 6.54 Å². The van der Waals surface area contributed by atoms with Crippen molar-refractivity contribution in [3.05, 3.63) is 39.7 Å². The molecule has 0 fully saturated rings. The Labute approximate surface area is 122 Å². The Balaban J connectivity index is 2.44. The van der Waals surface area contributed by atoms with Gasteiger partial charge in [-0.1, -0.05) is 6.92 Å². The lowest BCUT2D eigenvalue weighted by molar-refractivity contribution is -0.385. The molecule has 1 rings (SSSR count). The molecular weight excluding hydrogens is 277 g/mol. The molecule has 0 radical (unpaired) electrons. The standard InChI is InChI=1S/C14H20FN3O3/c1-3-10(2)17-14(19)6-7-16-9-11-8-12(15)4-5-13(11)18(20)21/h4-5,8,10,16H,3,6-7,9H2,1-2H3,(H,17,19). The number of hydrogen-bond donors (Lipinski definition) is 2. The zero-order valence-corrected chi connectivity index (χ0v) is 12.2. The molecule has 0 heterocycles. The zero-order valence-electron chi connectivity index (χ0n) is 12.2. The molecule has 0 saturated carbocycles. The molecule has 1 aromatic rings. The normalized spacial score (nSPS) is 12.0. The summed E-state index contributed by atoms with van der Waals surface area (Å²) in [6, 6.07) is 3.45. The van der Waals surface area contributed by atoms with Crippen LogP contribution in [0.5, 0.6) is 0 Å². The molecule has 0 aliphatic heterocycles. The van der Waals surface area contributed by atoms with Crippen LogP contribution >= 0.6 is 0 Å². The molecule has 0 aromatic heterocycles. The van der Waals surface area contributed by atoms with E-state index in [1.807, 2.05) is 13.8 Å². The molecule has 2 N–H and O–H groups in total. The SMILES string of the molecule is CCC(C)NC(=O)CCNCc1cc(F)ccc1[N+](=O)[O-]. The van der Waals surface area contributed by atoms with E-state index in [0.717, 1.165) is 24.6 Å². The number of nitro groups is 1. The highest BCUT2D eigenvalue weighted by Gasteiger charge is 2.14. The lowest BCUT2D eigenvalue weighted by Crippen LogP contribution is -2.33. The summed E-state index contributed by atoms with van der Waals surface area (Å²) >= 11 is 0. The van der Waals surface area contributed by atoms with E-state index in [1.165, 1.54) is 0 Å². The Morgan fingerprint density at radius 3 is 2.81 bits per heavy atom. The first-order valence-electron chi connectivity index (χ1n) is 6.87. The zero-order chi connectivity index (χ0) is 15.8. The molecule has 1 unspecified atom stereocenters. The predicted molar refractivity (Wildman–Crippen MR) is 77.3 cm³/mol. The Hall–Kier alpha value is -2.02. The van der Waals surface area contributed by atoms with Gasteiger partial charge in [0.05, 0.1) is 4.92 Å². The molecule has 0 saturated heterocycles. The molecule has 6 nitrogen and oxygen atoms in total. The number of amides is 1. The first kappa shape index (κ1) is 17.0. The fourth-order valence-corrected chi connectivity index (χ4v) is 1.75. The maximum Gasteiger partial charge on any atom is 0.274 e. The first-order valence-corrected chi connectivity index (χ1v) is 6.87. The van der Waals surface area contributed by atoms with Crippen molar-refractivity contribution in [1.29, 1.82) is 0 Å². The number of benzene rings is 1. The van der Waals surface area contributed by atoms with Crippen LogP contribution in [-0.4, -0.2) is 23.4 Å². The van der Waals surface area contributed by atoms with Crippen molar-refractivity contribution in [2.45, 2.75) is 39.3 Å². The summed E-state index contributed by atoms with van der Waals surface area (Å²) in [5, 5.41) is 16.6. The molecule has 0 aliphatic carbocycles. The topological polar surface area (TPSA) is 84.3 Å². The van der Waals surface area contributed by atoms with E-state index in [0.29, 0.717) is 6.54 Å². The van der Waals surface area contributed by atoms with Gasteiger partial charge in [-0.05, 0) is 25.5 Å². The van der Waals surface area contributed by atoms with Crippen LogP contribution in [0.25, 0.3) is 0 Å². The number of nitrogens with one attached hydrogen (secondary N) is 2. The fraction of sp³-hybridized carbons (Fsp3) is 0.500. The van der Waals surface area contributed by atoms with Gasteiger partial charge in [0.25, 0.3) is 5.69 Å². The lowest BCUT2D eigenvalue weighted by Gasteiger charge is -2.11. The number of hydrogen-bond acceptors (Lipinski definition) is 4. The maximum absolute atomic E-state index is 13.1. The minimum absolute atomic E-state index is 0.0782. The van der Waals surface area contributed by atoms with Gasteiger partial charge in [0.15, 0.2) is 0 Å². The minimum Gasteiger partial charge on any atom is -0.354 e. The third-order valence-corrected chi connectivity index (χ3v) is 3.10. The van der Waals surface area contributed by atoms with Crippen LogP contribution in [0.4, 0.5) is 10.1 Å². The van der Waals surface area contributed by atoms with E-state index < -0.39 is 10.7 Å². The van der Waals surface area contributed by atoms with Crippen molar-refractivity contribution in [3.8, 4) is 0 Å². The van der Waals surface area contributed by atoms with E-state index in [-0.39, 0.29) is 36.2 Å². The first-order chi connectivity index (χ1) is 9.93. The van der Waals surface area contributed by atoms with E-state index in [9.17, 15) is 19.3 Å². The van der Waals surface area contributed by atoms with Crippen LogP contribution in [0.1, 0.15) is 32.3 Å². The second kappa shape index (κ2) is 8.31. The van der Waals surface area contributed by atoms with Gasteiger partial charge in [-0.25, -0.2) is 4.39 Å². The third kappa shape index (κ3) is 5.86. The highest BCUT2D eigenvalue weighted by molar-refractivity contribution is 5.76. The van der Waals surface area contributed by atoms with Crippen molar-refractivity contribution in [2.24, 2.45) is 0 Å². The molecular formula is C14H20FN3O3. The van der Waals surface area contributed by atoms with Gasteiger partial charge >= 0.3 is 0 Å². The molecule has 1 atom stereocenters. The van der Waals surface area contributed by atoms with Crippen LogP contribution in [0, 0.1) is 15.9 Å². The summed E-state index contributed by atoms with van der Waals surface area (Å²) < 4.78 is 13.1. The molecule has 1 aromatic carbocycles. The van der Waals surface area contributed by atoms with Gasteiger partial charge < -0.3 is 10.6 Å². The number of halogens is 1. The van der Waals surface area contributed by atoms with Gasteiger partial charge in [-0.2, -0.15) is 0 Å². The fourth-order valence-electron chi connectivity index (χ4n) is 1.75. The monoisotopic (exact) mass is 297 g/mol. The lowest BCUT2D eigenvalue weighted by atomic mass is 10.1. The Morgan fingerprint density at radius 1 is 1.48 bits per heavy atom. The van der Waals surface area contributed by atoms with Crippen molar-refractivity contribution < 1.29 is 14.1 Å². The minimum atomic E-state index is -0.550. The van der Waals surface area contributed by atoms with Gasteiger partial charge in [0, 0.05) is 37.2 Å². The van der Waals surface area contributed by atoms with Crippen molar-refractivity contribution >= 4 is 11.6 Å². The Morgan fingerprint density at radius 2 is 2.19 bits per heavy atom. The second-order valence-electron chi connectivity index (χ2n) is 4.83. The van der Waals surface area contributed by atoms with Crippen LogP contribution in [0.15, 0.2) is 18.2 Å². The van der Waals surface area contributed by atoms with E-state index in [2.05, 4.69) is 10.6 Å². The van der Waals surface area contributed by atoms with Gasteiger partial charge in [0.2, 0.25) is 5.91 Å².